The quantitative estimate of drug-likeness (QED) is 0.589. The summed E-state index contributed by atoms with van der Waals surface area (Å²) in [5.41, 5.74) is 2.25. The van der Waals surface area contributed by atoms with Crippen molar-refractivity contribution in [3.05, 3.63) is 102 Å². The summed E-state index contributed by atoms with van der Waals surface area (Å²) in [4.78, 5) is 0. The molecule has 1 aromatic carbocycles. The van der Waals surface area contributed by atoms with Crippen molar-refractivity contribution in [1.29, 1.82) is 0 Å². The van der Waals surface area contributed by atoms with E-state index in [4.69, 9.17) is 0 Å². The molecule has 1 aromatic rings. The zero-order chi connectivity index (χ0) is 14.2. The van der Waals surface area contributed by atoms with Gasteiger partial charge in [0, 0.05) is 0 Å². The van der Waals surface area contributed by atoms with Crippen LogP contribution in [0.1, 0.15) is 5.56 Å². The van der Waals surface area contributed by atoms with Gasteiger partial charge in [0.2, 0.25) is 0 Å². The van der Waals surface area contributed by atoms with Crippen LogP contribution in [0.5, 0.6) is 0 Å². The molecule has 3 heteroatoms. The van der Waals surface area contributed by atoms with Crippen LogP contribution in [0.4, 0.5) is 0 Å². The molecule has 2 aliphatic rings. The van der Waals surface area contributed by atoms with Crippen LogP contribution < -0.4 is 10.2 Å². The molecule has 0 bridgehead atoms. The Morgan fingerprint density at radius 3 is 1.81 bits per heavy atom. The van der Waals surface area contributed by atoms with Crippen LogP contribution in [0, 0.1) is 0 Å². The van der Waals surface area contributed by atoms with Gasteiger partial charge in [0.1, 0.15) is 0 Å². The molecule has 0 radical (unpaired) electrons. The Balaban J connectivity index is 0.000000236. The fraction of sp³-hybridized carbons (Fsp3) is 0. The molecule has 0 atom stereocenters. The van der Waals surface area contributed by atoms with Crippen LogP contribution in [0.3, 0.4) is 0 Å². The zero-order valence-corrected chi connectivity index (χ0v) is 12.4. The molecule has 2 nitrogen and oxygen atoms in total. The van der Waals surface area contributed by atoms with Crippen LogP contribution in [0.15, 0.2) is 96.3 Å². The van der Waals surface area contributed by atoms with Gasteiger partial charge >= 0.3 is 17.1 Å². The van der Waals surface area contributed by atoms with E-state index in [1.165, 1.54) is 0 Å². The van der Waals surface area contributed by atoms with Gasteiger partial charge in [-0.2, -0.15) is 0 Å². The summed E-state index contributed by atoms with van der Waals surface area (Å²) in [5, 5.41) is 21.6. The number of rotatable bonds is 1. The fourth-order valence-electron chi connectivity index (χ4n) is 1.75. The topological polar surface area (TPSA) is 46.1 Å². The Hall–Kier alpha value is -2.22. The van der Waals surface area contributed by atoms with E-state index >= 15 is 0 Å². The summed E-state index contributed by atoms with van der Waals surface area (Å²) in [6, 6.07) is 9.30. The molecule has 3 rings (SSSR count). The van der Waals surface area contributed by atoms with Gasteiger partial charge in [-0.1, -0.05) is 84.7 Å². The molecule has 0 spiro atoms. The number of hydrogen-bond donors (Lipinski definition) is 0. The van der Waals surface area contributed by atoms with Gasteiger partial charge in [-0.25, -0.2) is 0 Å². The first-order valence-electron chi connectivity index (χ1n) is 6.29. The minimum atomic E-state index is 0. The van der Waals surface area contributed by atoms with E-state index in [2.05, 4.69) is 0 Å². The molecule has 0 heterocycles. The molecular formula is C18H14FeO2. The molecule has 0 amide bonds. The third kappa shape index (κ3) is 4.99. The van der Waals surface area contributed by atoms with Crippen molar-refractivity contribution < 1.29 is 27.3 Å². The van der Waals surface area contributed by atoms with Gasteiger partial charge in [0.25, 0.3) is 0 Å². The van der Waals surface area contributed by atoms with E-state index in [1.54, 1.807) is 12.2 Å². The second-order valence-electron chi connectivity index (χ2n) is 4.20. The summed E-state index contributed by atoms with van der Waals surface area (Å²) in [5.74, 6) is 0.0885. The van der Waals surface area contributed by atoms with Crippen molar-refractivity contribution in [3.8, 4) is 0 Å². The maximum atomic E-state index is 11.7. The molecule has 0 aliphatic heterocycles. The molecule has 106 valence electrons. The van der Waals surface area contributed by atoms with Crippen molar-refractivity contribution in [3.63, 3.8) is 0 Å². The Kier molecular flexibility index (Phi) is 7.10. The van der Waals surface area contributed by atoms with Gasteiger partial charge in [-0.15, -0.1) is 6.26 Å². The van der Waals surface area contributed by atoms with Gasteiger partial charge < -0.3 is 10.2 Å². The molecule has 21 heavy (non-hydrogen) atoms. The van der Waals surface area contributed by atoms with Gasteiger partial charge in [0.15, 0.2) is 0 Å². The molecule has 0 unspecified atom stereocenters. The smallest absolute Gasteiger partial charge is 0.877 e. The molecule has 0 saturated heterocycles. The Bertz CT molecular complexity index is 604. The third-order valence-corrected chi connectivity index (χ3v) is 2.79. The molecule has 0 saturated carbocycles. The standard InChI is InChI=1S/C12H10O.C6H6O.Fe/c13-12(11-8-4-5-9-11)10-6-2-1-3-7-10;7-5-6-3-1-2-4-6;/h1-9,13H;1-5,7H;/q;;+2/p-2. The largest absolute Gasteiger partial charge is 2.00 e. The van der Waals surface area contributed by atoms with Crippen LogP contribution in [-0.2, 0) is 17.1 Å². The van der Waals surface area contributed by atoms with Crippen LogP contribution in [0.25, 0.3) is 5.76 Å². The zero-order valence-electron chi connectivity index (χ0n) is 11.3. The average Bonchev–Trinajstić information content (AvgIpc) is 3.21. The predicted octanol–water partition coefficient (Wildman–Crippen LogP) is 2.24. The van der Waals surface area contributed by atoms with Crippen molar-refractivity contribution in [2.75, 3.05) is 0 Å². The summed E-state index contributed by atoms with van der Waals surface area (Å²) >= 11 is 0. The van der Waals surface area contributed by atoms with E-state index in [9.17, 15) is 10.2 Å². The summed E-state index contributed by atoms with van der Waals surface area (Å²) in [6.07, 6.45) is 15.4. The van der Waals surface area contributed by atoms with E-state index in [-0.39, 0.29) is 22.8 Å². The van der Waals surface area contributed by atoms with Crippen molar-refractivity contribution >= 4 is 5.76 Å². The number of allylic oxidation sites excluding steroid dienone is 10. The van der Waals surface area contributed by atoms with Crippen molar-refractivity contribution in [1.82, 2.24) is 0 Å². The molecular weight excluding hydrogens is 304 g/mol. The van der Waals surface area contributed by atoms with Gasteiger partial charge in [-0.05, 0) is 16.7 Å². The molecule has 0 fully saturated rings. The summed E-state index contributed by atoms with van der Waals surface area (Å²) in [6.45, 7) is 0. The third-order valence-electron chi connectivity index (χ3n) is 2.79. The Morgan fingerprint density at radius 2 is 1.33 bits per heavy atom. The van der Waals surface area contributed by atoms with E-state index in [0.29, 0.717) is 0 Å². The summed E-state index contributed by atoms with van der Waals surface area (Å²) in [7, 11) is 0. The minimum absolute atomic E-state index is 0. The number of benzene rings is 1. The first-order valence-corrected chi connectivity index (χ1v) is 6.29. The maximum Gasteiger partial charge on any atom is 2.00 e. The number of hydrogen-bond acceptors (Lipinski definition) is 2. The van der Waals surface area contributed by atoms with E-state index < -0.39 is 0 Å². The maximum absolute atomic E-state index is 11.7. The van der Waals surface area contributed by atoms with E-state index in [1.807, 2.05) is 66.8 Å². The second kappa shape index (κ2) is 8.85. The normalized spacial score (nSPS) is 13.7. The SMILES string of the molecule is [Fe+2].[O-]C(=C1C=CC=C1)c1ccccc1.[O-]C=C1C=CC=C1. The fourth-order valence-corrected chi connectivity index (χ4v) is 1.75. The molecule has 0 N–H and O–H groups in total. The average molecular weight is 318 g/mol. The van der Waals surface area contributed by atoms with Gasteiger partial charge in [0.05, 0.1) is 0 Å². The van der Waals surface area contributed by atoms with Crippen LogP contribution >= 0.6 is 0 Å². The van der Waals surface area contributed by atoms with Crippen LogP contribution in [0.2, 0.25) is 0 Å². The predicted molar refractivity (Wildman–Crippen MR) is 78.0 cm³/mol. The first kappa shape index (κ1) is 16.8. The Labute approximate surface area is 135 Å². The summed E-state index contributed by atoms with van der Waals surface area (Å²) < 4.78 is 0. The molecule has 2 aliphatic carbocycles. The minimum Gasteiger partial charge on any atom is -0.877 e. The monoisotopic (exact) mass is 318 g/mol. The van der Waals surface area contributed by atoms with Crippen LogP contribution in [-0.4, -0.2) is 0 Å². The van der Waals surface area contributed by atoms with E-state index in [0.717, 1.165) is 23.0 Å². The van der Waals surface area contributed by atoms with Crippen molar-refractivity contribution in [2.45, 2.75) is 0 Å². The molecule has 0 aromatic heterocycles. The second-order valence-corrected chi connectivity index (χ2v) is 4.20. The Morgan fingerprint density at radius 1 is 0.810 bits per heavy atom. The first-order chi connectivity index (χ1) is 9.81. The van der Waals surface area contributed by atoms with Crippen molar-refractivity contribution in [2.24, 2.45) is 0 Å². The van der Waals surface area contributed by atoms with Gasteiger partial charge in [-0.3, -0.25) is 0 Å².